The number of benzene rings is 2. The minimum Gasteiger partial charge on any atom is -0.377 e. The topological polar surface area (TPSA) is 9.23 Å². The van der Waals surface area contributed by atoms with Gasteiger partial charge in [0.05, 0.1) is 6.10 Å². The predicted molar refractivity (Wildman–Crippen MR) is 117 cm³/mol. The molecule has 1 unspecified atom stereocenters. The highest BCUT2D eigenvalue weighted by molar-refractivity contribution is 5.33. The summed E-state index contributed by atoms with van der Waals surface area (Å²) in [6.45, 7) is 5.40. The van der Waals surface area contributed by atoms with Crippen LogP contribution >= 0.6 is 0 Å². The molecule has 0 saturated heterocycles. The molecular formula is C26H38O. The Bertz CT molecular complexity index is 538. The molecule has 1 atom stereocenters. The third-order valence-electron chi connectivity index (χ3n) is 5.42. The van der Waals surface area contributed by atoms with E-state index in [1.165, 1.54) is 62.5 Å². The van der Waals surface area contributed by atoms with E-state index in [1.807, 2.05) is 0 Å². The summed E-state index contributed by atoms with van der Waals surface area (Å²) in [4.78, 5) is 0. The maximum atomic E-state index is 6.41. The zero-order valence-corrected chi connectivity index (χ0v) is 17.4. The molecular weight excluding hydrogens is 328 g/mol. The zero-order valence-electron chi connectivity index (χ0n) is 17.4. The van der Waals surface area contributed by atoms with Crippen LogP contribution in [0, 0.1) is 0 Å². The fraction of sp³-hybridized carbons (Fsp3) is 0.538. The summed E-state index contributed by atoms with van der Waals surface area (Å²) in [5.41, 5.74) is 2.71. The molecule has 2 aromatic carbocycles. The lowest BCUT2D eigenvalue weighted by molar-refractivity contribution is 0.0372. The summed E-state index contributed by atoms with van der Waals surface area (Å²) >= 11 is 0. The van der Waals surface area contributed by atoms with Crippen LogP contribution in [-0.4, -0.2) is 12.7 Å². The van der Waals surface area contributed by atoms with Gasteiger partial charge < -0.3 is 4.74 Å². The van der Waals surface area contributed by atoms with Crippen LogP contribution in [0.1, 0.15) is 88.7 Å². The lowest BCUT2D eigenvalue weighted by Crippen LogP contribution is -2.23. The van der Waals surface area contributed by atoms with Crippen molar-refractivity contribution in [2.24, 2.45) is 0 Å². The molecule has 0 radical (unpaired) electrons. The van der Waals surface area contributed by atoms with Crippen LogP contribution < -0.4 is 0 Å². The molecule has 1 heteroatoms. The van der Waals surface area contributed by atoms with Gasteiger partial charge in [0.25, 0.3) is 0 Å². The first-order chi connectivity index (χ1) is 13.4. The molecule has 0 spiro atoms. The second-order valence-corrected chi connectivity index (χ2v) is 7.59. The monoisotopic (exact) mass is 366 g/mol. The van der Waals surface area contributed by atoms with Crippen molar-refractivity contribution in [2.75, 3.05) is 6.61 Å². The van der Waals surface area contributed by atoms with E-state index in [0.717, 1.165) is 13.0 Å². The first-order valence-electron chi connectivity index (χ1n) is 11.1. The molecule has 0 heterocycles. The maximum Gasteiger partial charge on any atom is 0.0681 e. The van der Waals surface area contributed by atoms with Gasteiger partial charge in [0.1, 0.15) is 0 Å². The molecule has 0 fully saturated rings. The summed E-state index contributed by atoms with van der Waals surface area (Å²) in [5, 5.41) is 0. The highest BCUT2D eigenvalue weighted by Gasteiger charge is 2.24. The number of ether oxygens (including phenoxy) is 1. The van der Waals surface area contributed by atoms with Gasteiger partial charge >= 0.3 is 0 Å². The van der Waals surface area contributed by atoms with Crippen molar-refractivity contribution in [3.05, 3.63) is 71.8 Å². The standard InChI is InChI=1S/C26H38O/c1-3-5-6-7-8-9-10-17-22-27-25(4-2)26(23-18-13-11-14-19-23)24-20-15-12-16-21-24/h11-16,18-21,25-26H,3-10,17,22H2,1-2H3. The fourth-order valence-electron chi connectivity index (χ4n) is 3.86. The Hall–Kier alpha value is -1.60. The Labute approximate surface area is 167 Å². The number of hydrogen-bond donors (Lipinski definition) is 0. The average molecular weight is 367 g/mol. The first-order valence-corrected chi connectivity index (χ1v) is 11.1. The fourth-order valence-corrected chi connectivity index (χ4v) is 3.86. The Morgan fingerprint density at radius 2 is 1.11 bits per heavy atom. The van der Waals surface area contributed by atoms with Crippen molar-refractivity contribution < 1.29 is 4.74 Å². The summed E-state index contributed by atoms with van der Waals surface area (Å²) in [6, 6.07) is 21.7. The van der Waals surface area contributed by atoms with E-state index in [9.17, 15) is 0 Å². The highest BCUT2D eigenvalue weighted by Crippen LogP contribution is 2.31. The smallest absolute Gasteiger partial charge is 0.0681 e. The van der Waals surface area contributed by atoms with Crippen LogP contribution in [0.15, 0.2) is 60.7 Å². The molecule has 148 valence electrons. The van der Waals surface area contributed by atoms with Gasteiger partial charge in [0.15, 0.2) is 0 Å². The molecule has 0 aliphatic rings. The van der Waals surface area contributed by atoms with Gasteiger partial charge in [-0.2, -0.15) is 0 Å². The number of unbranched alkanes of at least 4 members (excludes halogenated alkanes) is 7. The zero-order chi connectivity index (χ0) is 19.2. The van der Waals surface area contributed by atoms with Crippen molar-refractivity contribution >= 4 is 0 Å². The molecule has 2 aromatic rings. The van der Waals surface area contributed by atoms with Gasteiger partial charge in [0.2, 0.25) is 0 Å². The van der Waals surface area contributed by atoms with Crippen LogP contribution in [0.4, 0.5) is 0 Å². The second-order valence-electron chi connectivity index (χ2n) is 7.59. The molecule has 0 aliphatic carbocycles. The minimum absolute atomic E-state index is 0.236. The van der Waals surface area contributed by atoms with Gasteiger partial charge in [-0.05, 0) is 24.0 Å². The van der Waals surface area contributed by atoms with Gasteiger partial charge in [-0.25, -0.2) is 0 Å². The van der Waals surface area contributed by atoms with Crippen LogP contribution in [-0.2, 0) is 4.74 Å². The molecule has 0 amide bonds. The Morgan fingerprint density at radius 1 is 0.630 bits per heavy atom. The van der Waals surface area contributed by atoms with E-state index >= 15 is 0 Å². The molecule has 0 N–H and O–H groups in total. The third-order valence-corrected chi connectivity index (χ3v) is 5.42. The highest BCUT2D eigenvalue weighted by atomic mass is 16.5. The van der Waals surface area contributed by atoms with Crippen molar-refractivity contribution in [1.29, 1.82) is 0 Å². The van der Waals surface area contributed by atoms with E-state index in [2.05, 4.69) is 74.5 Å². The van der Waals surface area contributed by atoms with E-state index in [-0.39, 0.29) is 6.10 Å². The quantitative estimate of drug-likeness (QED) is 0.310. The Morgan fingerprint density at radius 3 is 1.59 bits per heavy atom. The molecule has 2 rings (SSSR count). The van der Waals surface area contributed by atoms with E-state index in [4.69, 9.17) is 4.74 Å². The van der Waals surface area contributed by atoms with Gasteiger partial charge in [0, 0.05) is 12.5 Å². The summed E-state index contributed by atoms with van der Waals surface area (Å²) in [6.07, 6.45) is 12.0. The average Bonchev–Trinajstić information content (AvgIpc) is 2.73. The van der Waals surface area contributed by atoms with Crippen LogP contribution in [0.5, 0.6) is 0 Å². The van der Waals surface area contributed by atoms with E-state index in [1.54, 1.807) is 0 Å². The van der Waals surface area contributed by atoms with Crippen molar-refractivity contribution in [3.8, 4) is 0 Å². The van der Waals surface area contributed by atoms with Gasteiger partial charge in [-0.15, -0.1) is 0 Å². The van der Waals surface area contributed by atoms with Crippen molar-refractivity contribution in [2.45, 2.75) is 83.7 Å². The van der Waals surface area contributed by atoms with Crippen LogP contribution in [0.25, 0.3) is 0 Å². The predicted octanol–water partition coefficient (Wildman–Crippen LogP) is 7.75. The van der Waals surface area contributed by atoms with Gasteiger partial charge in [-0.3, -0.25) is 0 Å². The summed E-state index contributed by atoms with van der Waals surface area (Å²) in [7, 11) is 0. The second kappa shape index (κ2) is 13.6. The Kier molecular flexibility index (Phi) is 10.9. The third kappa shape index (κ3) is 7.89. The summed E-state index contributed by atoms with van der Waals surface area (Å²) in [5.74, 6) is 0.312. The first kappa shape index (κ1) is 21.7. The van der Waals surface area contributed by atoms with Crippen molar-refractivity contribution in [3.63, 3.8) is 0 Å². The molecule has 0 bridgehead atoms. The minimum atomic E-state index is 0.236. The molecule has 0 aliphatic heterocycles. The van der Waals surface area contributed by atoms with E-state index in [0.29, 0.717) is 5.92 Å². The van der Waals surface area contributed by atoms with Crippen LogP contribution in [0.3, 0.4) is 0 Å². The molecule has 0 aromatic heterocycles. The van der Waals surface area contributed by atoms with Crippen LogP contribution in [0.2, 0.25) is 0 Å². The molecule has 0 saturated carbocycles. The SMILES string of the molecule is CCCCCCCCCCOC(CC)C(c1ccccc1)c1ccccc1. The largest absolute Gasteiger partial charge is 0.377 e. The molecule has 27 heavy (non-hydrogen) atoms. The lowest BCUT2D eigenvalue weighted by atomic mass is 9.85. The number of rotatable bonds is 14. The normalized spacial score (nSPS) is 12.4. The summed E-state index contributed by atoms with van der Waals surface area (Å²) < 4.78 is 6.41. The molecule has 1 nitrogen and oxygen atoms in total. The van der Waals surface area contributed by atoms with Gasteiger partial charge in [-0.1, -0.05) is 119 Å². The maximum absolute atomic E-state index is 6.41. The lowest BCUT2D eigenvalue weighted by Gasteiger charge is -2.27. The number of hydrogen-bond acceptors (Lipinski definition) is 1. The van der Waals surface area contributed by atoms with Crippen molar-refractivity contribution in [1.82, 2.24) is 0 Å². The Balaban J connectivity index is 1.85. The van der Waals surface area contributed by atoms with E-state index < -0.39 is 0 Å².